The third-order valence-electron chi connectivity index (χ3n) is 4.53. The first-order valence-electron chi connectivity index (χ1n) is 9.09. The number of hydrogen-bond acceptors (Lipinski definition) is 3. The van der Waals surface area contributed by atoms with Gasteiger partial charge >= 0.3 is 0 Å². The lowest BCUT2D eigenvalue weighted by atomic mass is 10.1. The molecule has 3 rings (SSSR count). The number of piperidine rings is 1. The van der Waals surface area contributed by atoms with E-state index in [9.17, 15) is 4.79 Å². The van der Waals surface area contributed by atoms with Crippen molar-refractivity contribution in [3.8, 4) is 0 Å². The number of amides is 1. The maximum atomic E-state index is 12.6. The number of thioether (sulfide) groups is 1. The van der Waals surface area contributed by atoms with Crippen LogP contribution in [0.5, 0.6) is 0 Å². The summed E-state index contributed by atoms with van der Waals surface area (Å²) in [5.74, 6) is 0.909. The summed E-state index contributed by atoms with van der Waals surface area (Å²) >= 11 is 1.72. The molecule has 1 N–H and O–H groups in total. The van der Waals surface area contributed by atoms with Crippen molar-refractivity contribution in [1.29, 1.82) is 0 Å². The molecule has 3 nitrogen and oxygen atoms in total. The summed E-state index contributed by atoms with van der Waals surface area (Å²) in [6.07, 6.45) is 3.91. The molecule has 1 saturated heterocycles. The highest BCUT2D eigenvalue weighted by molar-refractivity contribution is 7.98. The maximum absolute atomic E-state index is 12.6. The summed E-state index contributed by atoms with van der Waals surface area (Å²) in [5, 5.41) is 3.09. The summed E-state index contributed by atoms with van der Waals surface area (Å²) in [6, 6.07) is 18.3. The molecule has 1 aliphatic rings. The molecule has 0 aliphatic carbocycles. The van der Waals surface area contributed by atoms with Gasteiger partial charge in [0.25, 0.3) is 5.91 Å². The van der Waals surface area contributed by atoms with Crippen molar-refractivity contribution in [2.45, 2.75) is 29.9 Å². The normalized spacial score (nSPS) is 15.0. The van der Waals surface area contributed by atoms with Gasteiger partial charge < -0.3 is 10.2 Å². The predicted octanol–water partition coefficient (Wildman–Crippen LogP) is 4.19. The monoisotopic (exact) mass is 354 g/mol. The van der Waals surface area contributed by atoms with Crippen LogP contribution in [-0.4, -0.2) is 37.0 Å². The lowest BCUT2D eigenvalue weighted by Gasteiger charge is -2.26. The van der Waals surface area contributed by atoms with E-state index in [0.717, 1.165) is 29.3 Å². The quantitative estimate of drug-likeness (QED) is 0.757. The standard InChI is InChI=1S/C21H26N2OS/c24-21(22-13-16-23-14-7-2-8-15-23)19-11-5-6-12-20(19)25-17-18-9-3-1-4-10-18/h1,3-6,9-12H,2,7-8,13-17H2,(H,22,24). The third-order valence-corrected chi connectivity index (χ3v) is 5.68. The Morgan fingerprint density at radius 1 is 0.960 bits per heavy atom. The zero-order valence-electron chi connectivity index (χ0n) is 14.6. The molecule has 0 aromatic heterocycles. The van der Waals surface area contributed by atoms with Gasteiger partial charge in [0, 0.05) is 23.7 Å². The van der Waals surface area contributed by atoms with Gasteiger partial charge in [0.15, 0.2) is 0 Å². The van der Waals surface area contributed by atoms with E-state index in [0.29, 0.717) is 0 Å². The van der Waals surface area contributed by atoms with Gasteiger partial charge in [-0.05, 0) is 43.6 Å². The number of rotatable bonds is 7. The molecule has 2 aromatic carbocycles. The van der Waals surface area contributed by atoms with Crippen LogP contribution < -0.4 is 5.32 Å². The molecule has 1 heterocycles. The van der Waals surface area contributed by atoms with E-state index in [1.165, 1.54) is 37.9 Å². The van der Waals surface area contributed by atoms with Gasteiger partial charge in [-0.3, -0.25) is 4.79 Å². The van der Waals surface area contributed by atoms with Crippen LogP contribution in [0.25, 0.3) is 0 Å². The van der Waals surface area contributed by atoms with E-state index in [2.05, 4.69) is 34.5 Å². The number of carbonyl (C=O) groups excluding carboxylic acids is 1. The summed E-state index contributed by atoms with van der Waals surface area (Å²) in [5.41, 5.74) is 2.05. The molecule has 0 bridgehead atoms. The maximum Gasteiger partial charge on any atom is 0.252 e. The molecule has 2 aromatic rings. The van der Waals surface area contributed by atoms with Gasteiger partial charge in [-0.2, -0.15) is 0 Å². The predicted molar refractivity (Wildman–Crippen MR) is 105 cm³/mol. The lowest BCUT2D eigenvalue weighted by molar-refractivity contribution is 0.0943. The number of hydrogen-bond donors (Lipinski definition) is 1. The SMILES string of the molecule is O=C(NCCN1CCCCC1)c1ccccc1SCc1ccccc1. The van der Waals surface area contributed by atoms with Crippen LogP contribution >= 0.6 is 11.8 Å². The van der Waals surface area contributed by atoms with Crippen molar-refractivity contribution in [3.05, 3.63) is 65.7 Å². The van der Waals surface area contributed by atoms with Crippen molar-refractivity contribution in [2.24, 2.45) is 0 Å². The smallest absolute Gasteiger partial charge is 0.252 e. The molecule has 1 amide bonds. The molecule has 0 radical (unpaired) electrons. The van der Waals surface area contributed by atoms with Crippen LogP contribution in [0.4, 0.5) is 0 Å². The van der Waals surface area contributed by atoms with E-state index >= 15 is 0 Å². The average Bonchev–Trinajstić information content (AvgIpc) is 2.68. The molecule has 0 spiro atoms. The van der Waals surface area contributed by atoms with Crippen molar-refractivity contribution in [1.82, 2.24) is 10.2 Å². The largest absolute Gasteiger partial charge is 0.351 e. The van der Waals surface area contributed by atoms with Crippen LogP contribution in [0.3, 0.4) is 0 Å². The highest BCUT2D eigenvalue weighted by Crippen LogP contribution is 2.26. The molecule has 132 valence electrons. The Hall–Kier alpha value is -1.78. The Bertz CT molecular complexity index is 669. The Morgan fingerprint density at radius 3 is 2.48 bits per heavy atom. The van der Waals surface area contributed by atoms with Crippen LogP contribution in [0, 0.1) is 0 Å². The molecule has 0 atom stereocenters. The zero-order chi connectivity index (χ0) is 17.3. The first-order valence-corrected chi connectivity index (χ1v) is 10.1. The molecule has 1 aliphatic heterocycles. The van der Waals surface area contributed by atoms with E-state index in [1.54, 1.807) is 11.8 Å². The molecule has 1 fully saturated rings. The molecule has 0 saturated carbocycles. The molecule has 4 heteroatoms. The van der Waals surface area contributed by atoms with E-state index in [4.69, 9.17) is 0 Å². The van der Waals surface area contributed by atoms with Gasteiger partial charge in [-0.15, -0.1) is 11.8 Å². The Labute approximate surface area is 154 Å². The minimum Gasteiger partial charge on any atom is -0.351 e. The number of carbonyl (C=O) groups is 1. The van der Waals surface area contributed by atoms with Crippen molar-refractivity contribution < 1.29 is 4.79 Å². The second kappa shape index (κ2) is 9.64. The van der Waals surface area contributed by atoms with E-state index in [-0.39, 0.29) is 5.91 Å². The van der Waals surface area contributed by atoms with E-state index in [1.807, 2.05) is 30.3 Å². The minimum absolute atomic E-state index is 0.0353. The van der Waals surface area contributed by atoms with Gasteiger partial charge in [0.05, 0.1) is 5.56 Å². The van der Waals surface area contributed by atoms with Crippen LogP contribution in [0.2, 0.25) is 0 Å². The number of likely N-dealkylation sites (tertiary alicyclic amines) is 1. The van der Waals surface area contributed by atoms with Crippen molar-refractivity contribution >= 4 is 17.7 Å². The molecular weight excluding hydrogens is 328 g/mol. The van der Waals surface area contributed by atoms with Crippen LogP contribution in [-0.2, 0) is 5.75 Å². The fourth-order valence-corrected chi connectivity index (χ4v) is 4.13. The first kappa shape index (κ1) is 18.0. The number of nitrogens with one attached hydrogen (secondary N) is 1. The Morgan fingerprint density at radius 2 is 1.68 bits per heavy atom. The average molecular weight is 355 g/mol. The van der Waals surface area contributed by atoms with Gasteiger partial charge in [-0.1, -0.05) is 48.9 Å². The summed E-state index contributed by atoms with van der Waals surface area (Å²) in [6.45, 7) is 4.00. The summed E-state index contributed by atoms with van der Waals surface area (Å²) < 4.78 is 0. The Kier molecular flexibility index (Phi) is 6.95. The van der Waals surface area contributed by atoms with E-state index < -0.39 is 0 Å². The fourth-order valence-electron chi connectivity index (χ4n) is 3.12. The summed E-state index contributed by atoms with van der Waals surface area (Å²) in [7, 11) is 0. The topological polar surface area (TPSA) is 32.3 Å². The van der Waals surface area contributed by atoms with Crippen molar-refractivity contribution in [2.75, 3.05) is 26.2 Å². The van der Waals surface area contributed by atoms with Crippen molar-refractivity contribution in [3.63, 3.8) is 0 Å². The molecule has 0 unspecified atom stereocenters. The van der Waals surface area contributed by atoms with Crippen LogP contribution in [0.15, 0.2) is 59.5 Å². The number of benzene rings is 2. The fraction of sp³-hybridized carbons (Fsp3) is 0.381. The third kappa shape index (κ3) is 5.62. The second-order valence-corrected chi connectivity index (χ2v) is 7.45. The van der Waals surface area contributed by atoms with Gasteiger partial charge in [-0.25, -0.2) is 0 Å². The number of nitrogens with zero attached hydrogens (tertiary/aromatic N) is 1. The van der Waals surface area contributed by atoms with Crippen LogP contribution in [0.1, 0.15) is 35.2 Å². The lowest BCUT2D eigenvalue weighted by Crippen LogP contribution is -2.37. The minimum atomic E-state index is 0.0353. The van der Waals surface area contributed by atoms with Gasteiger partial charge in [0.2, 0.25) is 0 Å². The Balaban J connectivity index is 1.53. The highest BCUT2D eigenvalue weighted by Gasteiger charge is 2.13. The summed E-state index contributed by atoms with van der Waals surface area (Å²) in [4.78, 5) is 16.1. The first-order chi connectivity index (χ1) is 12.3. The zero-order valence-corrected chi connectivity index (χ0v) is 15.4. The second-order valence-electron chi connectivity index (χ2n) is 6.43. The molecule has 25 heavy (non-hydrogen) atoms. The highest BCUT2D eigenvalue weighted by atomic mass is 32.2. The van der Waals surface area contributed by atoms with Gasteiger partial charge in [0.1, 0.15) is 0 Å². The molecular formula is C21H26N2OS.